The van der Waals surface area contributed by atoms with Gasteiger partial charge in [-0.3, -0.25) is 0 Å². The Balaban J connectivity index is 2.75. The van der Waals surface area contributed by atoms with E-state index in [2.05, 4.69) is 53.3 Å². The zero-order chi connectivity index (χ0) is 10.6. The third-order valence-corrected chi connectivity index (χ3v) is 3.11. The Labute approximate surface area is 92.7 Å². The first-order valence-electron chi connectivity index (χ1n) is 4.44. The van der Waals surface area contributed by atoms with E-state index in [-0.39, 0.29) is 0 Å². The Morgan fingerprint density at radius 1 is 1.43 bits per heavy atom. The molecular weight excluding hydrogens is 207 g/mol. The molecule has 1 aromatic carbocycles. The standard InChI is InChI=1S/C12H15PS/c1-9(2)8-14-10(3)11-5-4-6-12(13)7-11/h4-8H,3,13H2,1-2H3. The quantitative estimate of drug-likeness (QED) is 0.701. The molecule has 0 nitrogen and oxygen atoms in total. The summed E-state index contributed by atoms with van der Waals surface area (Å²) in [5.41, 5.74) is 2.50. The molecule has 0 fully saturated rings. The van der Waals surface area contributed by atoms with Gasteiger partial charge in [-0.1, -0.05) is 42.1 Å². The van der Waals surface area contributed by atoms with Crippen molar-refractivity contribution >= 4 is 31.2 Å². The van der Waals surface area contributed by atoms with Crippen molar-refractivity contribution in [2.24, 2.45) is 0 Å². The van der Waals surface area contributed by atoms with Gasteiger partial charge in [-0.05, 0) is 36.2 Å². The fraction of sp³-hybridized carbons (Fsp3) is 0.167. The summed E-state index contributed by atoms with van der Waals surface area (Å²) in [5.74, 6) is 0. The van der Waals surface area contributed by atoms with Crippen molar-refractivity contribution in [3.63, 3.8) is 0 Å². The zero-order valence-corrected chi connectivity index (χ0v) is 10.6. The van der Waals surface area contributed by atoms with Crippen LogP contribution in [0.4, 0.5) is 0 Å². The normalized spacial score (nSPS) is 9.64. The Morgan fingerprint density at radius 3 is 2.71 bits per heavy atom. The van der Waals surface area contributed by atoms with E-state index in [4.69, 9.17) is 0 Å². The van der Waals surface area contributed by atoms with Crippen molar-refractivity contribution in [1.29, 1.82) is 0 Å². The van der Waals surface area contributed by atoms with Crippen molar-refractivity contribution in [3.8, 4) is 0 Å². The first-order chi connectivity index (χ1) is 6.59. The highest BCUT2D eigenvalue weighted by Crippen LogP contribution is 2.26. The van der Waals surface area contributed by atoms with Gasteiger partial charge in [0.15, 0.2) is 0 Å². The Hall–Kier alpha value is -0.520. The van der Waals surface area contributed by atoms with Crippen LogP contribution in [0.3, 0.4) is 0 Å². The molecule has 0 N–H and O–H groups in total. The second-order valence-electron chi connectivity index (χ2n) is 3.36. The first kappa shape index (κ1) is 11.6. The fourth-order valence-electron chi connectivity index (χ4n) is 0.969. The molecule has 14 heavy (non-hydrogen) atoms. The molecule has 0 aromatic heterocycles. The van der Waals surface area contributed by atoms with Crippen molar-refractivity contribution < 1.29 is 0 Å². The Bertz CT molecular complexity index is 362. The lowest BCUT2D eigenvalue weighted by molar-refractivity contribution is 1.42. The van der Waals surface area contributed by atoms with Crippen LogP contribution in [-0.4, -0.2) is 0 Å². The molecule has 0 heterocycles. The second-order valence-corrected chi connectivity index (χ2v) is 4.99. The molecule has 1 atom stereocenters. The van der Waals surface area contributed by atoms with E-state index in [0.29, 0.717) is 0 Å². The Kier molecular flexibility index (Phi) is 4.44. The third-order valence-electron chi connectivity index (χ3n) is 1.65. The number of allylic oxidation sites excluding steroid dienone is 1. The van der Waals surface area contributed by atoms with Crippen molar-refractivity contribution in [1.82, 2.24) is 0 Å². The maximum Gasteiger partial charge on any atom is 0.0117 e. The summed E-state index contributed by atoms with van der Waals surface area (Å²) in [5, 5.41) is 3.32. The van der Waals surface area contributed by atoms with Crippen molar-refractivity contribution in [2.45, 2.75) is 13.8 Å². The molecule has 0 bridgehead atoms. The van der Waals surface area contributed by atoms with Crippen LogP contribution in [0.15, 0.2) is 41.8 Å². The molecule has 1 unspecified atom stereocenters. The summed E-state index contributed by atoms with van der Waals surface area (Å²) in [7, 11) is 2.70. The number of hydrogen-bond donors (Lipinski definition) is 0. The molecule has 2 heteroatoms. The lowest BCUT2D eigenvalue weighted by Gasteiger charge is -2.03. The van der Waals surface area contributed by atoms with Crippen LogP contribution in [-0.2, 0) is 0 Å². The van der Waals surface area contributed by atoms with Gasteiger partial charge in [0.2, 0.25) is 0 Å². The average Bonchev–Trinajstić information content (AvgIpc) is 2.14. The molecule has 0 aliphatic heterocycles. The SMILES string of the molecule is C=C(SC=C(C)C)c1cccc(P)c1. The Morgan fingerprint density at radius 2 is 2.14 bits per heavy atom. The molecule has 0 saturated carbocycles. The van der Waals surface area contributed by atoms with E-state index in [1.54, 1.807) is 11.8 Å². The van der Waals surface area contributed by atoms with Crippen molar-refractivity contribution in [2.75, 3.05) is 0 Å². The minimum Gasteiger partial charge on any atom is -0.106 e. The molecular formula is C12H15PS. The van der Waals surface area contributed by atoms with Gasteiger partial charge in [0.05, 0.1) is 0 Å². The molecule has 1 aromatic rings. The van der Waals surface area contributed by atoms with Crippen LogP contribution in [0.25, 0.3) is 4.91 Å². The highest BCUT2D eigenvalue weighted by Gasteiger charge is 1.97. The van der Waals surface area contributed by atoms with E-state index >= 15 is 0 Å². The molecule has 0 radical (unpaired) electrons. The lowest BCUT2D eigenvalue weighted by atomic mass is 10.2. The highest BCUT2D eigenvalue weighted by molar-refractivity contribution is 8.10. The van der Waals surface area contributed by atoms with Gasteiger partial charge < -0.3 is 0 Å². The minimum absolute atomic E-state index is 1.09. The van der Waals surface area contributed by atoms with Crippen LogP contribution in [0.2, 0.25) is 0 Å². The van der Waals surface area contributed by atoms with E-state index in [1.165, 1.54) is 16.4 Å². The fourth-order valence-corrected chi connectivity index (χ4v) is 1.90. The first-order valence-corrected chi connectivity index (χ1v) is 5.90. The molecule has 0 aliphatic rings. The van der Waals surface area contributed by atoms with Crippen LogP contribution in [0.5, 0.6) is 0 Å². The van der Waals surface area contributed by atoms with Gasteiger partial charge in [-0.15, -0.1) is 9.24 Å². The van der Waals surface area contributed by atoms with Gasteiger partial charge in [-0.25, -0.2) is 0 Å². The van der Waals surface area contributed by atoms with Gasteiger partial charge in [0, 0.05) is 4.91 Å². The summed E-state index contributed by atoms with van der Waals surface area (Å²) in [4.78, 5) is 1.09. The molecule has 74 valence electrons. The molecule has 0 aliphatic carbocycles. The van der Waals surface area contributed by atoms with Gasteiger partial charge in [0.1, 0.15) is 0 Å². The van der Waals surface area contributed by atoms with E-state index < -0.39 is 0 Å². The third kappa shape index (κ3) is 3.69. The lowest BCUT2D eigenvalue weighted by Crippen LogP contribution is -1.90. The molecule has 0 amide bonds. The average molecular weight is 222 g/mol. The van der Waals surface area contributed by atoms with Gasteiger partial charge in [-0.2, -0.15) is 0 Å². The molecule has 0 saturated heterocycles. The second kappa shape index (κ2) is 5.38. The highest BCUT2D eigenvalue weighted by atomic mass is 32.2. The summed E-state index contributed by atoms with van der Waals surface area (Å²) in [6.07, 6.45) is 0. The largest absolute Gasteiger partial charge is 0.106 e. The van der Waals surface area contributed by atoms with Gasteiger partial charge >= 0.3 is 0 Å². The monoisotopic (exact) mass is 222 g/mol. The topological polar surface area (TPSA) is 0 Å². The maximum absolute atomic E-state index is 4.05. The predicted molar refractivity (Wildman–Crippen MR) is 71.8 cm³/mol. The van der Waals surface area contributed by atoms with Crippen molar-refractivity contribution in [3.05, 3.63) is 47.4 Å². The summed E-state index contributed by atoms with van der Waals surface area (Å²) in [6, 6.07) is 8.32. The smallest absolute Gasteiger partial charge is 0.0117 e. The zero-order valence-electron chi connectivity index (χ0n) is 8.58. The predicted octanol–water partition coefficient (Wildman–Crippen LogP) is 3.81. The van der Waals surface area contributed by atoms with Crippen LogP contribution in [0.1, 0.15) is 19.4 Å². The van der Waals surface area contributed by atoms with Gasteiger partial charge in [0.25, 0.3) is 0 Å². The number of hydrogen-bond acceptors (Lipinski definition) is 1. The number of thioether (sulfide) groups is 1. The maximum atomic E-state index is 4.05. The van der Waals surface area contributed by atoms with E-state index in [1.807, 2.05) is 6.07 Å². The summed E-state index contributed by atoms with van der Waals surface area (Å²) < 4.78 is 0. The van der Waals surface area contributed by atoms with E-state index in [0.717, 1.165) is 4.91 Å². The van der Waals surface area contributed by atoms with Crippen LogP contribution in [0, 0.1) is 0 Å². The number of benzene rings is 1. The summed E-state index contributed by atoms with van der Waals surface area (Å²) >= 11 is 1.68. The van der Waals surface area contributed by atoms with Crippen LogP contribution >= 0.6 is 21.0 Å². The van der Waals surface area contributed by atoms with Crippen LogP contribution < -0.4 is 5.30 Å². The number of rotatable bonds is 3. The minimum atomic E-state index is 1.09. The molecule has 1 rings (SSSR count). The van der Waals surface area contributed by atoms with E-state index in [9.17, 15) is 0 Å². The molecule has 0 spiro atoms. The summed E-state index contributed by atoms with van der Waals surface area (Å²) in [6.45, 7) is 8.23.